The molecule has 7 heteroatoms. The second-order valence-corrected chi connectivity index (χ2v) is 7.32. The molecule has 0 fully saturated rings. The molecule has 0 spiro atoms. The molecule has 5 rings (SSSR count). The summed E-state index contributed by atoms with van der Waals surface area (Å²) in [4.78, 5) is 2.45. The Hall–Kier alpha value is -2.54. The van der Waals surface area contributed by atoms with Gasteiger partial charge in [0, 0.05) is 19.1 Å². The molecule has 0 saturated carbocycles. The minimum Gasteiger partial charge on any atom is -0.493 e. The molecule has 0 aromatic heterocycles. The van der Waals surface area contributed by atoms with Crippen LogP contribution in [0, 0.1) is 0 Å². The van der Waals surface area contributed by atoms with Gasteiger partial charge in [-0.2, -0.15) is 0 Å². The molecular formula is C21H21F2NO4. The third-order valence-corrected chi connectivity index (χ3v) is 5.74. The Kier molecular flexibility index (Phi) is 4.27. The van der Waals surface area contributed by atoms with Crippen molar-refractivity contribution in [2.45, 2.75) is 31.9 Å². The Morgan fingerprint density at radius 2 is 1.86 bits per heavy atom. The molecular weight excluding hydrogens is 368 g/mol. The second kappa shape index (κ2) is 6.81. The summed E-state index contributed by atoms with van der Waals surface area (Å²) in [5, 5.41) is 0. The Morgan fingerprint density at radius 3 is 2.64 bits per heavy atom. The molecule has 0 aliphatic carbocycles. The first-order valence-corrected chi connectivity index (χ1v) is 9.39. The molecule has 148 valence electrons. The smallest absolute Gasteiger partial charge is 0.272 e. The van der Waals surface area contributed by atoms with Crippen LogP contribution >= 0.6 is 0 Å². The third-order valence-electron chi connectivity index (χ3n) is 5.74. The lowest BCUT2D eigenvalue weighted by molar-refractivity contribution is 0.0802. The standard InChI is InChI=1S/C21H21F2NO4/c1-25-17-7-14-9-24-3-2-12-5-19-20(28-11-27-19)8-15(12)16(24)4-13(14)6-18(17)26-10-21(22)23/h5-8,16,21H,2-4,9-11H2,1H3/t16-/m0/s1. The number of halogens is 2. The summed E-state index contributed by atoms with van der Waals surface area (Å²) in [6.45, 7) is 1.37. The molecule has 0 amide bonds. The van der Waals surface area contributed by atoms with Gasteiger partial charge in [-0.15, -0.1) is 0 Å². The zero-order valence-corrected chi connectivity index (χ0v) is 15.5. The van der Waals surface area contributed by atoms with E-state index in [-0.39, 0.29) is 12.8 Å². The van der Waals surface area contributed by atoms with Gasteiger partial charge in [-0.3, -0.25) is 4.90 Å². The Balaban J connectivity index is 1.49. The number of rotatable bonds is 4. The van der Waals surface area contributed by atoms with E-state index in [0.717, 1.165) is 48.6 Å². The van der Waals surface area contributed by atoms with Crippen LogP contribution in [0.2, 0.25) is 0 Å². The molecule has 0 saturated heterocycles. The fraction of sp³-hybridized carbons (Fsp3) is 0.429. The van der Waals surface area contributed by atoms with E-state index in [0.29, 0.717) is 11.5 Å². The van der Waals surface area contributed by atoms with Gasteiger partial charge in [-0.25, -0.2) is 8.78 Å². The third kappa shape index (κ3) is 2.94. The molecule has 0 radical (unpaired) electrons. The van der Waals surface area contributed by atoms with Crippen molar-refractivity contribution in [2.75, 3.05) is 27.1 Å². The van der Waals surface area contributed by atoms with Crippen molar-refractivity contribution in [1.29, 1.82) is 0 Å². The lowest BCUT2D eigenvalue weighted by Crippen LogP contribution is -2.39. The van der Waals surface area contributed by atoms with Gasteiger partial charge in [0.05, 0.1) is 7.11 Å². The number of fused-ring (bicyclic) bond motifs is 5. The van der Waals surface area contributed by atoms with Crippen LogP contribution in [0.1, 0.15) is 28.3 Å². The topological polar surface area (TPSA) is 40.2 Å². The lowest BCUT2D eigenvalue weighted by atomic mass is 9.83. The lowest BCUT2D eigenvalue weighted by Gasteiger charge is -2.41. The molecule has 0 N–H and O–H groups in total. The molecule has 3 aliphatic rings. The minimum absolute atomic E-state index is 0.224. The van der Waals surface area contributed by atoms with Crippen molar-refractivity contribution in [3.05, 3.63) is 46.5 Å². The summed E-state index contributed by atoms with van der Waals surface area (Å²) in [5.41, 5.74) is 4.81. The van der Waals surface area contributed by atoms with Crippen LogP contribution in [0.5, 0.6) is 23.0 Å². The molecule has 0 bridgehead atoms. The van der Waals surface area contributed by atoms with Crippen LogP contribution in [0.3, 0.4) is 0 Å². The molecule has 28 heavy (non-hydrogen) atoms. The van der Waals surface area contributed by atoms with Crippen molar-refractivity contribution in [3.63, 3.8) is 0 Å². The van der Waals surface area contributed by atoms with Crippen molar-refractivity contribution in [1.82, 2.24) is 4.90 Å². The first kappa shape index (κ1) is 17.6. The van der Waals surface area contributed by atoms with Gasteiger partial charge in [0.25, 0.3) is 6.43 Å². The van der Waals surface area contributed by atoms with E-state index in [1.165, 1.54) is 18.2 Å². The van der Waals surface area contributed by atoms with Gasteiger partial charge in [-0.1, -0.05) is 0 Å². The first-order chi connectivity index (χ1) is 13.6. The van der Waals surface area contributed by atoms with Crippen LogP contribution in [0.25, 0.3) is 0 Å². The predicted octanol–water partition coefficient (Wildman–Crippen LogP) is 3.72. The fourth-order valence-corrected chi connectivity index (χ4v) is 4.40. The fourth-order valence-electron chi connectivity index (χ4n) is 4.40. The molecule has 3 aliphatic heterocycles. The number of nitrogens with zero attached hydrogens (tertiary/aromatic N) is 1. The Labute approximate surface area is 161 Å². The van der Waals surface area contributed by atoms with Crippen LogP contribution in [-0.2, 0) is 19.4 Å². The highest BCUT2D eigenvalue weighted by molar-refractivity contribution is 5.53. The summed E-state index contributed by atoms with van der Waals surface area (Å²) < 4.78 is 46.9. The SMILES string of the molecule is COc1cc2c(cc1OCC(F)F)C[C@H]1c3cc4c(cc3CCN1C2)OCO4. The second-order valence-electron chi connectivity index (χ2n) is 7.32. The maximum atomic E-state index is 12.6. The number of benzene rings is 2. The zero-order chi connectivity index (χ0) is 19.3. The maximum Gasteiger partial charge on any atom is 0.272 e. The average Bonchev–Trinajstić information content (AvgIpc) is 3.15. The predicted molar refractivity (Wildman–Crippen MR) is 97.6 cm³/mol. The van der Waals surface area contributed by atoms with E-state index in [2.05, 4.69) is 17.0 Å². The van der Waals surface area contributed by atoms with E-state index < -0.39 is 13.0 Å². The van der Waals surface area contributed by atoms with Crippen molar-refractivity contribution in [3.8, 4) is 23.0 Å². The molecule has 5 nitrogen and oxygen atoms in total. The van der Waals surface area contributed by atoms with Gasteiger partial charge in [0.1, 0.15) is 6.61 Å². The summed E-state index contributed by atoms with van der Waals surface area (Å²) >= 11 is 0. The highest BCUT2D eigenvalue weighted by atomic mass is 19.3. The van der Waals surface area contributed by atoms with E-state index in [1.807, 2.05) is 12.1 Å². The van der Waals surface area contributed by atoms with Gasteiger partial charge in [0.2, 0.25) is 6.79 Å². The number of hydrogen-bond donors (Lipinski definition) is 0. The Morgan fingerprint density at radius 1 is 1.07 bits per heavy atom. The van der Waals surface area contributed by atoms with E-state index in [9.17, 15) is 8.78 Å². The molecule has 2 aromatic rings. The number of hydrogen-bond acceptors (Lipinski definition) is 5. The number of ether oxygens (including phenoxy) is 4. The monoisotopic (exact) mass is 389 g/mol. The van der Waals surface area contributed by atoms with Crippen LogP contribution < -0.4 is 18.9 Å². The van der Waals surface area contributed by atoms with Gasteiger partial charge >= 0.3 is 0 Å². The number of alkyl halides is 2. The molecule has 3 heterocycles. The summed E-state index contributed by atoms with van der Waals surface area (Å²) in [6, 6.07) is 8.19. The van der Waals surface area contributed by atoms with Crippen molar-refractivity contribution in [2.24, 2.45) is 0 Å². The van der Waals surface area contributed by atoms with Crippen LogP contribution in [0.4, 0.5) is 8.78 Å². The zero-order valence-electron chi connectivity index (χ0n) is 15.5. The van der Waals surface area contributed by atoms with Crippen molar-refractivity contribution < 1.29 is 27.7 Å². The highest BCUT2D eigenvalue weighted by Gasteiger charge is 2.34. The van der Waals surface area contributed by atoms with Crippen LogP contribution in [0.15, 0.2) is 24.3 Å². The van der Waals surface area contributed by atoms with Crippen molar-refractivity contribution >= 4 is 0 Å². The largest absolute Gasteiger partial charge is 0.493 e. The minimum atomic E-state index is -2.52. The van der Waals surface area contributed by atoms with E-state index in [1.54, 1.807) is 0 Å². The summed E-state index contributed by atoms with van der Waals surface area (Å²) in [5.74, 6) is 2.48. The van der Waals surface area contributed by atoms with Gasteiger partial charge in [0.15, 0.2) is 23.0 Å². The van der Waals surface area contributed by atoms with Gasteiger partial charge in [-0.05, 0) is 59.4 Å². The summed E-state index contributed by atoms with van der Waals surface area (Å²) in [6.07, 6.45) is -0.771. The first-order valence-electron chi connectivity index (χ1n) is 9.39. The molecule has 0 unspecified atom stereocenters. The van der Waals surface area contributed by atoms with Crippen LogP contribution in [-0.4, -0.2) is 38.4 Å². The highest BCUT2D eigenvalue weighted by Crippen LogP contribution is 2.45. The van der Waals surface area contributed by atoms with E-state index in [4.69, 9.17) is 18.9 Å². The summed E-state index contributed by atoms with van der Waals surface area (Å²) in [7, 11) is 1.53. The Bertz CT molecular complexity index is 918. The maximum absolute atomic E-state index is 12.6. The average molecular weight is 389 g/mol. The van der Waals surface area contributed by atoms with Gasteiger partial charge < -0.3 is 18.9 Å². The quantitative estimate of drug-likeness (QED) is 0.797. The molecule has 2 aromatic carbocycles. The number of methoxy groups -OCH3 is 1. The normalized spacial score (nSPS) is 19.8. The molecule has 1 atom stereocenters. The van der Waals surface area contributed by atoms with E-state index >= 15 is 0 Å².